The van der Waals surface area contributed by atoms with Gasteiger partial charge >= 0.3 is 0 Å². The Morgan fingerprint density at radius 1 is 0.875 bits per heavy atom. The maximum absolute atomic E-state index is 3.73. The van der Waals surface area contributed by atoms with Crippen LogP contribution in [0.25, 0.3) is 0 Å². The minimum absolute atomic E-state index is 0.548. The fraction of sp³-hybridized carbons (Fsp3) is 1.00. The van der Waals surface area contributed by atoms with Crippen molar-refractivity contribution in [2.45, 2.75) is 59.8 Å². The van der Waals surface area contributed by atoms with Crippen molar-refractivity contribution >= 4 is 0 Å². The van der Waals surface area contributed by atoms with Crippen molar-refractivity contribution in [1.82, 2.24) is 5.32 Å². The van der Waals surface area contributed by atoms with Crippen LogP contribution in [0.4, 0.5) is 0 Å². The topological polar surface area (TPSA) is 12.0 Å². The number of hydrogen-bond acceptors (Lipinski definition) is 1. The van der Waals surface area contributed by atoms with Gasteiger partial charge in [-0.3, -0.25) is 0 Å². The molecule has 0 heterocycles. The minimum atomic E-state index is 0.548. The molecule has 0 atom stereocenters. The Kier molecular flexibility index (Phi) is 3.36. The van der Waals surface area contributed by atoms with Gasteiger partial charge in [-0.15, -0.1) is 0 Å². The van der Waals surface area contributed by atoms with Crippen molar-refractivity contribution in [2.24, 2.45) is 22.7 Å². The van der Waals surface area contributed by atoms with Gasteiger partial charge < -0.3 is 5.32 Å². The SMILES string of the molecule is CC1(C)C(CNCC2CCCCC2)C1(C)C. The molecule has 0 saturated heterocycles. The van der Waals surface area contributed by atoms with Crippen LogP contribution in [0.15, 0.2) is 0 Å². The summed E-state index contributed by atoms with van der Waals surface area (Å²) in [4.78, 5) is 0. The maximum Gasteiger partial charge on any atom is -0.000977 e. The summed E-state index contributed by atoms with van der Waals surface area (Å²) < 4.78 is 0. The molecular formula is C15H29N. The van der Waals surface area contributed by atoms with Crippen molar-refractivity contribution in [3.63, 3.8) is 0 Å². The lowest BCUT2D eigenvalue weighted by Gasteiger charge is -2.22. The number of nitrogens with one attached hydrogen (secondary N) is 1. The summed E-state index contributed by atoms with van der Waals surface area (Å²) in [6.07, 6.45) is 7.33. The molecule has 1 heteroatoms. The average Bonchev–Trinajstić information content (AvgIpc) is 2.62. The van der Waals surface area contributed by atoms with Crippen molar-refractivity contribution < 1.29 is 0 Å². The van der Waals surface area contributed by atoms with Gasteiger partial charge in [-0.05, 0) is 48.6 Å². The highest BCUT2D eigenvalue weighted by Crippen LogP contribution is 2.67. The monoisotopic (exact) mass is 223 g/mol. The molecular weight excluding hydrogens is 194 g/mol. The molecule has 2 aliphatic rings. The molecule has 1 nitrogen and oxygen atoms in total. The van der Waals surface area contributed by atoms with E-state index in [1.165, 1.54) is 45.2 Å². The van der Waals surface area contributed by atoms with Gasteiger partial charge in [0.1, 0.15) is 0 Å². The van der Waals surface area contributed by atoms with E-state index in [-0.39, 0.29) is 0 Å². The van der Waals surface area contributed by atoms with Crippen LogP contribution in [0.1, 0.15) is 59.8 Å². The van der Waals surface area contributed by atoms with E-state index in [9.17, 15) is 0 Å². The van der Waals surface area contributed by atoms with Gasteiger partial charge in [0, 0.05) is 0 Å². The van der Waals surface area contributed by atoms with E-state index in [1.54, 1.807) is 0 Å². The molecule has 1 N–H and O–H groups in total. The van der Waals surface area contributed by atoms with E-state index >= 15 is 0 Å². The predicted octanol–water partition coefficient (Wildman–Crippen LogP) is 3.84. The van der Waals surface area contributed by atoms with E-state index < -0.39 is 0 Å². The Balaban J connectivity index is 1.66. The van der Waals surface area contributed by atoms with Gasteiger partial charge in [-0.2, -0.15) is 0 Å². The summed E-state index contributed by atoms with van der Waals surface area (Å²) in [7, 11) is 0. The Labute approximate surface area is 101 Å². The first-order valence-corrected chi connectivity index (χ1v) is 7.17. The minimum Gasteiger partial charge on any atom is -0.316 e. The molecule has 0 amide bonds. The van der Waals surface area contributed by atoms with Crippen LogP contribution in [0, 0.1) is 22.7 Å². The number of rotatable bonds is 4. The lowest BCUT2D eigenvalue weighted by atomic mass is 9.89. The molecule has 94 valence electrons. The highest BCUT2D eigenvalue weighted by Gasteiger charge is 2.63. The van der Waals surface area contributed by atoms with Crippen LogP contribution in [-0.4, -0.2) is 13.1 Å². The first kappa shape index (κ1) is 12.4. The molecule has 0 aliphatic heterocycles. The fourth-order valence-corrected chi connectivity index (χ4v) is 3.67. The molecule has 0 radical (unpaired) electrons. The second-order valence-corrected chi connectivity index (χ2v) is 7.16. The molecule has 0 aromatic carbocycles. The molecule has 16 heavy (non-hydrogen) atoms. The van der Waals surface area contributed by atoms with Crippen molar-refractivity contribution in [1.29, 1.82) is 0 Å². The van der Waals surface area contributed by atoms with Crippen LogP contribution >= 0.6 is 0 Å². The van der Waals surface area contributed by atoms with Crippen LogP contribution in [0.2, 0.25) is 0 Å². The second-order valence-electron chi connectivity index (χ2n) is 7.16. The zero-order valence-electron chi connectivity index (χ0n) is 11.6. The molecule has 0 spiro atoms. The third kappa shape index (κ3) is 2.16. The Hall–Kier alpha value is -0.0400. The average molecular weight is 223 g/mol. The lowest BCUT2D eigenvalue weighted by molar-refractivity contribution is 0.337. The zero-order valence-corrected chi connectivity index (χ0v) is 11.6. The zero-order chi connectivity index (χ0) is 11.8. The third-order valence-electron chi connectivity index (χ3n) is 5.83. The predicted molar refractivity (Wildman–Crippen MR) is 70.5 cm³/mol. The molecule has 2 rings (SSSR count). The summed E-state index contributed by atoms with van der Waals surface area (Å²) in [6, 6.07) is 0. The van der Waals surface area contributed by atoms with Gasteiger partial charge in [0.15, 0.2) is 0 Å². The second kappa shape index (κ2) is 4.33. The summed E-state index contributed by atoms with van der Waals surface area (Å²) >= 11 is 0. The van der Waals surface area contributed by atoms with E-state index in [1.807, 2.05) is 0 Å². The molecule has 0 aromatic heterocycles. The van der Waals surface area contributed by atoms with Crippen molar-refractivity contribution in [2.75, 3.05) is 13.1 Å². The molecule has 2 fully saturated rings. The maximum atomic E-state index is 3.73. The van der Waals surface area contributed by atoms with Crippen LogP contribution in [0.3, 0.4) is 0 Å². The van der Waals surface area contributed by atoms with Crippen LogP contribution in [-0.2, 0) is 0 Å². The van der Waals surface area contributed by atoms with Crippen LogP contribution in [0.5, 0.6) is 0 Å². The Morgan fingerprint density at radius 2 is 1.44 bits per heavy atom. The summed E-state index contributed by atoms with van der Waals surface area (Å²) in [6.45, 7) is 12.2. The standard InChI is InChI=1S/C15H29N/c1-14(2)13(15(14,3)4)11-16-10-12-8-6-5-7-9-12/h12-13,16H,5-11H2,1-4H3. The van der Waals surface area contributed by atoms with E-state index in [2.05, 4.69) is 33.0 Å². The van der Waals surface area contributed by atoms with Gasteiger partial charge in [-0.25, -0.2) is 0 Å². The Bertz CT molecular complexity index is 222. The summed E-state index contributed by atoms with van der Waals surface area (Å²) in [5.41, 5.74) is 1.10. The first-order valence-electron chi connectivity index (χ1n) is 7.17. The summed E-state index contributed by atoms with van der Waals surface area (Å²) in [5, 5.41) is 3.73. The van der Waals surface area contributed by atoms with Crippen molar-refractivity contribution in [3.05, 3.63) is 0 Å². The smallest absolute Gasteiger partial charge is 0.000977 e. The van der Waals surface area contributed by atoms with Gasteiger partial charge in [0.2, 0.25) is 0 Å². The molecule has 2 aliphatic carbocycles. The van der Waals surface area contributed by atoms with E-state index in [0.717, 1.165) is 11.8 Å². The normalized spacial score (nSPS) is 29.2. The number of hydrogen-bond donors (Lipinski definition) is 1. The highest BCUT2D eigenvalue weighted by molar-refractivity contribution is 5.12. The summed E-state index contributed by atoms with van der Waals surface area (Å²) in [5.74, 6) is 1.85. The van der Waals surface area contributed by atoms with Crippen molar-refractivity contribution in [3.8, 4) is 0 Å². The highest BCUT2D eigenvalue weighted by atomic mass is 14.9. The van der Waals surface area contributed by atoms with E-state index in [4.69, 9.17) is 0 Å². The van der Waals surface area contributed by atoms with E-state index in [0.29, 0.717) is 10.8 Å². The molecule has 0 unspecified atom stereocenters. The molecule has 0 bridgehead atoms. The van der Waals surface area contributed by atoms with Gasteiger partial charge in [-0.1, -0.05) is 47.0 Å². The van der Waals surface area contributed by atoms with Gasteiger partial charge in [0.25, 0.3) is 0 Å². The fourth-order valence-electron chi connectivity index (χ4n) is 3.67. The Morgan fingerprint density at radius 3 is 1.94 bits per heavy atom. The molecule has 0 aromatic rings. The molecule has 2 saturated carbocycles. The van der Waals surface area contributed by atoms with Gasteiger partial charge in [0.05, 0.1) is 0 Å². The first-order chi connectivity index (χ1) is 7.46. The third-order valence-corrected chi connectivity index (χ3v) is 5.83. The van der Waals surface area contributed by atoms with Crippen LogP contribution < -0.4 is 5.32 Å². The largest absolute Gasteiger partial charge is 0.316 e. The quantitative estimate of drug-likeness (QED) is 0.763. The lowest BCUT2D eigenvalue weighted by Crippen LogP contribution is -2.27.